The summed E-state index contributed by atoms with van der Waals surface area (Å²) in [5.41, 5.74) is -0.177. The molecule has 0 unspecified atom stereocenters. The first-order valence-electron chi connectivity index (χ1n) is 4.13. The number of anilines is 1. The van der Waals surface area contributed by atoms with Crippen LogP contribution in [-0.2, 0) is 0 Å². The van der Waals surface area contributed by atoms with Gasteiger partial charge in [-0.25, -0.2) is 4.79 Å². The van der Waals surface area contributed by atoms with Crippen LogP contribution in [0.15, 0.2) is 18.2 Å². The SMILES string of the molecule is CN(C)c1c(C(=O)O)cccc1[N+](=O)[O-]. The Kier molecular flexibility index (Phi) is 2.89. The Hall–Kier alpha value is -2.11. The van der Waals surface area contributed by atoms with Crippen molar-refractivity contribution in [3.8, 4) is 0 Å². The molecular formula is C9H10N2O4. The molecule has 1 aromatic carbocycles. The van der Waals surface area contributed by atoms with Crippen LogP contribution in [0.2, 0.25) is 0 Å². The van der Waals surface area contributed by atoms with E-state index in [0.717, 1.165) is 0 Å². The monoisotopic (exact) mass is 210 g/mol. The van der Waals surface area contributed by atoms with Crippen LogP contribution >= 0.6 is 0 Å². The third-order valence-electron chi connectivity index (χ3n) is 1.89. The Labute approximate surface area is 85.9 Å². The number of carboxylic acid groups (broad SMARTS) is 1. The fourth-order valence-electron chi connectivity index (χ4n) is 1.32. The van der Waals surface area contributed by atoms with Crippen molar-refractivity contribution in [2.75, 3.05) is 19.0 Å². The molecule has 0 aromatic heterocycles. The molecule has 1 rings (SSSR count). The molecule has 0 bridgehead atoms. The van der Waals surface area contributed by atoms with E-state index in [-0.39, 0.29) is 16.9 Å². The second-order valence-electron chi connectivity index (χ2n) is 3.13. The van der Waals surface area contributed by atoms with Gasteiger partial charge in [0.2, 0.25) is 0 Å². The van der Waals surface area contributed by atoms with Crippen molar-refractivity contribution in [2.24, 2.45) is 0 Å². The van der Waals surface area contributed by atoms with E-state index in [4.69, 9.17) is 5.11 Å². The number of nitro groups is 1. The maximum absolute atomic E-state index is 10.9. The largest absolute Gasteiger partial charge is 0.478 e. The van der Waals surface area contributed by atoms with Crippen LogP contribution in [0.4, 0.5) is 11.4 Å². The summed E-state index contributed by atoms with van der Waals surface area (Å²) >= 11 is 0. The highest BCUT2D eigenvalue weighted by Gasteiger charge is 2.22. The predicted octanol–water partition coefficient (Wildman–Crippen LogP) is 1.36. The highest BCUT2D eigenvalue weighted by Crippen LogP contribution is 2.30. The lowest BCUT2D eigenvalue weighted by molar-refractivity contribution is -0.384. The van der Waals surface area contributed by atoms with E-state index in [2.05, 4.69) is 0 Å². The molecule has 0 atom stereocenters. The standard InChI is InChI=1S/C9H10N2O4/c1-10(2)8-6(9(12)13)4-3-5-7(8)11(14)15/h3-5H,1-2H3,(H,12,13). The number of benzene rings is 1. The van der Waals surface area contributed by atoms with E-state index in [0.29, 0.717) is 0 Å². The Balaban J connectivity index is 3.48. The fraction of sp³-hybridized carbons (Fsp3) is 0.222. The summed E-state index contributed by atoms with van der Waals surface area (Å²) in [4.78, 5) is 22.4. The van der Waals surface area contributed by atoms with Gasteiger partial charge in [-0.1, -0.05) is 6.07 Å². The molecule has 0 aliphatic carbocycles. The van der Waals surface area contributed by atoms with Crippen LogP contribution in [-0.4, -0.2) is 30.1 Å². The number of nitrogens with zero attached hydrogens (tertiary/aromatic N) is 2. The van der Waals surface area contributed by atoms with Crippen LogP contribution in [0.25, 0.3) is 0 Å². The van der Waals surface area contributed by atoms with Crippen molar-refractivity contribution >= 4 is 17.3 Å². The first-order valence-corrected chi connectivity index (χ1v) is 4.13. The molecular weight excluding hydrogens is 200 g/mol. The van der Waals surface area contributed by atoms with Crippen molar-refractivity contribution < 1.29 is 14.8 Å². The Morgan fingerprint density at radius 3 is 2.47 bits per heavy atom. The Bertz CT molecular complexity index is 382. The zero-order valence-electron chi connectivity index (χ0n) is 8.30. The molecule has 0 radical (unpaired) electrons. The maximum Gasteiger partial charge on any atom is 0.338 e. The van der Waals surface area contributed by atoms with Crippen LogP contribution in [0.1, 0.15) is 10.4 Å². The Morgan fingerprint density at radius 1 is 1.47 bits per heavy atom. The van der Waals surface area contributed by atoms with Crippen molar-refractivity contribution in [1.82, 2.24) is 0 Å². The summed E-state index contributed by atoms with van der Waals surface area (Å²) < 4.78 is 0. The van der Waals surface area contributed by atoms with Gasteiger partial charge in [0.15, 0.2) is 0 Å². The zero-order valence-corrected chi connectivity index (χ0v) is 8.30. The molecule has 1 N–H and O–H groups in total. The number of aromatic carboxylic acids is 1. The lowest BCUT2D eigenvalue weighted by atomic mass is 10.1. The molecule has 0 spiro atoms. The first-order chi connectivity index (χ1) is 6.95. The molecule has 0 saturated heterocycles. The molecule has 0 aliphatic rings. The topological polar surface area (TPSA) is 83.7 Å². The molecule has 6 heteroatoms. The van der Waals surface area contributed by atoms with Crippen molar-refractivity contribution in [1.29, 1.82) is 0 Å². The maximum atomic E-state index is 10.9. The molecule has 0 aliphatic heterocycles. The Morgan fingerprint density at radius 2 is 2.07 bits per heavy atom. The second kappa shape index (κ2) is 3.95. The summed E-state index contributed by atoms with van der Waals surface area (Å²) in [6.07, 6.45) is 0. The summed E-state index contributed by atoms with van der Waals surface area (Å²) in [6.45, 7) is 0. The van der Waals surface area contributed by atoms with E-state index < -0.39 is 10.9 Å². The van der Waals surface area contributed by atoms with Gasteiger partial charge in [-0.05, 0) is 6.07 Å². The highest BCUT2D eigenvalue weighted by atomic mass is 16.6. The molecule has 6 nitrogen and oxygen atoms in total. The van der Waals surface area contributed by atoms with Gasteiger partial charge < -0.3 is 10.0 Å². The molecule has 0 amide bonds. The quantitative estimate of drug-likeness (QED) is 0.601. The van der Waals surface area contributed by atoms with E-state index >= 15 is 0 Å². The van der Waals surface area contributed by atoms with Crippen molar-refractivity contribution in [2.45, 2.75) is 0 Å². The molecule has 0 heterocycles. The normalized spacial score (nSPS) is 9.73. The summed E-state index contributed by atoms with van der Waals surface area (Å²) in [7, 11) is 3.13. The average molecular weight is 210 g/mol. The third-order valence-corrected chi connectivity index (χ3v) is 1.89. The zero-order chi connectivity index (χ0) is 11.6. The van der Waals surface area contributed by atoms with Gasteiger partial charge in [-0.2, -0.15) is 0 Å². The number of carboxylic acids is 1. The van der Waals surface area contributed by atoms with Crippen LogP contribution in [0.5, 0.6) is 0 Å². The van der Waals surface area contributed by atoms with Crippen LogP contribution in [0.3, 0.4) is 0 Å². The van der Waals surface area contributed by atoms with Gasteiger partial charge >= 0.3 is 5.97 Å². The number of hydrogen-bond acceptors (Lipinski definition) is 4. The minimum Gasteiger partial charge on any atom is -0.478 e. The van der Waals surface area contributed by atoms with Gasteiger partial charge in [0.25, 0.3) is 5.69 Å². The number of para-hydroxylation sites is 1. The number of nitro benzene ring substituents is 1. The predicted molar refractivity (Wildman–Crippen MR) is 54.4 cm³/mol. The number of hydrogen-bond donors (Lipinski definition) is 1. The number of carbonyl (C=O) groups is 1. The van der Waals surface area contributed by atoms with Gasteiger partial charge in [-0.3, -0.25) is 10.1 Å². The summed E-state index contributed by atoms with van der Waals surface area (Å²) in [6, 6.07) is 3.97. The third kappa shape index (κ3) is 2.04. The second-order valence-corrected chi connectivity index (χ2v) is 3.13. The van der Waals surface area contributed by atoms with Gasteiger partial charge in [0, 0.05) is 20.2 Å². The van der Waals surface area contributed by atoms with E-state index in [1.165, 1.54) is 23.1 Å². The summed E-state index contributed by atoms with van der Waals surface area (Å²) in [5.74, 6) is -1.18. The highest BCUT2D eigenvalue weighted by molar-refractivity contribution is 5.97. The smallest absolute Gasteiger partial charge is 0.338 e. The van der Waals surface area contributed by atoms with E-state index in [1.54, 1.807) is 14.1 Å². The number of rotatable bonds is 3. The minimum atomic E-state index is -1.18. The van der Waals surface area contributed by atoms with E-state index in [1.807, 2.05) is 0 Å². The van der Waals surface area contributed by atoms with Crippen molar-refractivity contribution in [3.63, 3.8) is 0 Å². The van der Waals surface area contributed by atoms with Crippen LogP contribution < -0.4 is 4.90 Å². The van der Waals surface area contributed by atoms with Crippen molar-refractivity contribution in [3.05, 3.63) is 33.9 Å². The van der Waals surface area contributed by atoms with E-state index in [9.17, 15) is 14.9 Å². The molecule has 80 valence electrons. The molecule has 0 fully saturated rings. The van der Waals surface area contributed by atoms with Gasteiger partial charge in [0.05, 0.1) is 10.5 Å². The molecule has 15 heavy (non-hydrogen) atoms. The minimum absolute atomic E-state index is 0.0748. The lowest BCUT2D eigenvalue weighted by Crippen LogP contribution is -2.15. The van der Waals surface area contributed by atoms with Gasteiger partial charge in [0.1, 0.15) is 5.69 Å². The average Bonchev–Trinajstić information content (AvgIpc) is 2.16. The summed E-state index contributed by atoms with van der Waals surface area (Å²) in [5, 5.41) is 19.6. The van der Waals surface area contributed by atoms with Gasteiger partial charge in [-0.15, -0.1) is 0 Å². The van der Waals surface area contributed by atoms with Crippen LogP contribution in [0, 0.1) is 10.1 Å². The molecule has 0 saturated carbocycles. The molecule has 1 aromatic rings. The lowest BCUT2D eigenvalue weighted by Gasteiger charge is -2.14. The fourth-order valence-corrected chi connectivity index (χ4v) is 1.32. The first kappa shape index (κ1) is 11.0.